The lowest BCUT2D eigenvalue weighted by molar-refractivity contribution is 0.387. The van der Waals surface area contributed by atoms with Crippen molar-refractivity contribution in [2.75, 3.05) is 0 Å². The summed E-state index contributed by atoms with van der Waals surface area (Å²) < 4.78 is 4.83. The molecular formula is C11H12N4O. The first kappa shape index (κ1) is 10.4. The normalized spacial score (nSPS) is 11.7. The molecule has 16 heavy (non-hydrogen) atoms. The van der Waals surface area contributed by atoms with Crippen LogP contribution in [0.15, 0.2) is 39.8 Å². The Kier molecular flexibility index (Phi) is 2.95. The van der Waals surface area contributed by atoms with E-state index in [2.05, 4.69) is 15.1 Å². The molecule has 5 heteroatoms. The Hall–Kier alpha value is -2.17. The number of aromatic nitrogens is 2. The summed E-state index contributed by atoms with van der Waals surface area (Å²) in [6, 6.07) is 9.56. The number of aliphatic imine (C=N–C) groups is 1. The van der Waals surface area contributed by atoms with Crippen LogP contribution in [0.5, 0.6) is 0 Å². The largest absolute Gasteiger partial charge is 0.383 e. The van der Waals surface area contributed by atoms with Gasteiger partial charge in [0.1, 0.15) is 12.4 Å². The van der Waals surface area contributed by atoms with Crippen LogP contribution < -0.4 is 5.73 Å². The highest BCUT2D eigenvalue weighted by molar-refractivity contribution is 5.97. The Bertz CT molecular complexity index is 490. The van der Waals surface area contributed by atoms with E-state index in [-0.39, 0.29) is 0 Å². The molecule has 5 nitrogen and oxygen atoms in total. The molecule has 0 bridgehead atoms. The van der Waals surface area contributed by atoms with Crippen molar-refractivity contribution in [3.05, 3.63) is 47.6 Å². The van der Waals surface area contributed by atoms with E-state index in [1.165, 1.54) is 0 Å². The van der Waals surface area contributed by atoms with Gasteiger partial charge in [-0.05, 0) is 0 Å². The van der Waals surface area contributed by atoms with E-state index in [4.69, 9.17) is 10.3 Å². The number of rotatable bonds is 3. The molecule has 0 radical (unpaired) electrons. The molecule has 0 fully saturated rings. The summed E-state index contributed by atoms with van der Waals surface area (Å²) in [4.78, 5) is 8.22. The molecule has 2 rings (SSSR count). The Balaban J connectivity index is 2.08. The van der Waals surface area contributed by atoms with Crippen molar-refractivity contribution in [1.82, 2.24) is 10.1 Å². The Morgan fingerprint density at radius 1 is 1.38 bits per heavy atom. The molecular weight excluding hydrogens is 204 g/mol. The molecule has 2 aromatic rings. The van der Waals surface area contributed by atoms with Crippen LogP contribution >= 0.6 is 0 Å². The lowest BCUT2D eigenvalue weighted by atomic mass is 10.2. The van der Waals surface area contributed by atoms with Crippen LogP contribution in [0.2, 0.25) is 0 Å². The maximum atomic E-state index is 5.81. The standard InChI is InChI=1S/C11H12N4O/c1-8-14-10(15-16-8)7-13-11(12)9-5-3-2-4-6-9/h2-6H,7H2,1H3,(H2,12,13). The first-order valence-corrected chi connectivity index (χ1v) is 4.90. The Morgan fingerprint density at radius 2 is 2.12 bits per heavy atom. The molecule has 0 aliphatic carbocycles. The first-order valence-electron chi connectivity index (χ1n) is 4.90. The van der Waals surface area contributed by atoms with E-state index in [9.17, 15) is 0 Å². The molecule has 0 saturated heterocycles. The topological polar surface area (TPSA) is 77.3 Å². The molecule has 1 heterocycles. The van der Waals surface area contributed by atoms with Crippen molar-refractivity contribution in [2.24, 2.45) is 10.7 Å². The van der Waals surface area contributed by atoms with Gasteiger partial charge >= 0.3 is 0 Å². The summed E-state index contributed by atoms with van der Waals surface area (Å²) in [5, 5.41) is 3.73. The van der Waals surface area contributed by atoms with E-state index < -0.39 is 0 Å². The smallest absolute Gasteiger partial charge is 0.223 e. The number of nitrogens with zero attached hydrogens (tertiary/aromatic N) is 3. The van der Waals surface area contributed by atoms with Crippen molar-refractivity contribution in [3.8, 4) is 0 Å². The third-order valence-corrected chi connectivity index (χ3v) is 2.03. The van der Waals surface area contributed by atoms with Gasteiger partial charge in [0.05, 0.1) is 0 Å². The van der Waals surface area contributed by atoms with E-state index in [0.29, 0.717) is 24.1 Å². The minimum atomic E-state index is 0.331. The number of amidine groups is 1. The number of aryl methyl sites for hydroxylation is 1. The van der Waals surface area contributed by atoms with Gasteiger partial charge in [0.25, 0.3) is 0 Å². The van der Waals surface area contributed by atoms with Crippen molar-refractivity contribution in [1.29, 1.82) is 0 Å². The number of nitrogens with two attached hydrogens (primary N) is 1. The highest BCUT2D eigenvalue weighted by Crippen LogP contribution is 2.01. The third kappa shape index (κ3) is 2.44. The molecule has 0 saturated carbocycles. The number of hydrogen-bond donors (Lipinski definition) is 1. The molecule has 0 amide bonds. The Morgan fingerprint density at radius 3 is 2.75 bits per heavy atom. The molecule has 2 N–H and O–H groups in total. The predicted octanol–water partition coefficient (Wildman–Crippen LogP) is 1.28. The zero-order valence-electron chi connectivity index (χ0n) is 8.92. The van der Waals surface area contributed by atoms with Gasteiger partial charge in [0.2, 0.25) is 5.89 Å². The number of hydrogen-bond acceptors (Lipinski definition) is 4. The summed E-state index contributed by atoms with van der Waals surface area (Å²) in [5.41, 5.74) is 6.70. The monoisotopic (exact) mass is 216 g/mol. The third-order valence-electron chi connectivity index (χ3n) is 2.03. The average molecular weight is 216 g/mol. The van der Waals surface area contributed by atoms with Crippen LogP contribution in [0.3, 0.4) is 0 Å². The fourth-order valence-corrected chi connectivity index (χ4v) is 1.26. The molecule has 1 aromatic carbocycles. The summed E-state index contributed by atoms with van der Waals surface area (Å²) in [5.74, 6) is 1.54. The van der Waals surface area contributed by atoms with Crippen LogP contribution in [0.1, 0.15) is 17.3 Å². The van der Waals surface area contributed by atoms with Crippen molar-refractivity contribution in [2.45, 2.75) is 13.5 Å². The fraction of sp³-hybridized carbons (Fsp3) is 0.182. The zero-order valence-corrected chi connectivity index (χ0v) is 8.92. The summed E-state index contributed by atoms with van der Waals surface area (Å²) in [6.07, 6.45) is 0. The van der Waals surface area contributed by atoms with Gasteiger partial charge in [-0.15, -0.1) is 0 Å². The van der Waals surface area contributed by atoms with E-state index in [1.807, 2.05) is 30.3 Å². The van der Waals surface area contributed by atoms with Gasteiger partial charge in [-0.3, -0.25) is 4.99 Å². The molecule has 0 unspecified atom stereocenters. The van der Waals surface area contributed by atoms with E-state index in [0.717, 1.165) is 5.56 Å². The SMILES string of the molecule is Cc1nc(CN=C(N)c2ccccc2)no1. The van der Waals surface area contributed by atoms with Gasteiger partial charge in [0, 0.05) is 12.5 Å². The number of benzene rings is 1. The minimum Gasteiger partial charge on any atom is -0.383 e. The maximum absolute atomic E-state index is 5.81. The highest BCUT2D eigenvalue weighted by atomic mass is 16.5. The van der Waals surface area contributed by atoms with Crippen LogP contribution in [0, 0.1) is 6.92 Å². The maximum Gasteiger partial charge on any atom is 0.223 e. The summed E-state index contributed by atoms with van der Waals surface area (Å²) >= 11 is 0. The summed E-state index contributed by atoms with van der Waals surface area (Å²) in [6.45, 7) is 2.07. The van der Waals surface area contributed by atoms with Gasteiger partial charge in [-0.2, -0.15) is 4.98 Å². The van der Waals surface area contributed by atoms with Crippen molar-refractivity contribution in [3.63, 3.8) is 0 Å². The van der Waals surface area contributed by atoms with Gasteiger partial charge < -0.3 is 10.3 Å². The van der Waals surface area contributed by atoms with E-state index >= 15 is 0 Å². The molecule has 1 aromatic heterocycles. The molecule has 82 valence electrons. The van der Waals surface area contributed by atoms with Crippen LogP contribution in [0.25, 0.3) is 0 Å². The molecule has 0 spiro atoms. The first-order chi connectivity index (χ1) is 7.75. The van der Waals surface area contributed by atoms with Crippen molar-refractivity contribution >= 4 is 5.84 Å². The zero-order chi connectivity index (χ0) is 11.4. The fourth-order valence-electron chi connectivity index (χ4n) is 1.26. The van der Waals surface area contributed by atoms with Gasteiger partial charge in [-0.25, -0.2) is 0 Å². The summed E-state index contributed by atoms with van der Waals surface area (Å²) in [7, 11) is 0. The molecule has 0 aliphatic rings. The van der Waals surface area contributed by atoms with E-state index in [1.54, 1.807) is 6.92 Å². The molecule has 0 aliphatic heterocycles. The quantitative estimate of drug-likeness (QED) is 0.619. The minimum absolute atomic E-state index is 0.331. The Labute approximate surface area is 93.0 Å². The van der Waals surface area contributed by atoms with Gasteiger partial charge in [-0.1, -0.05) is 35.5 Å². The lowest BCUT2D eigenvalue weighted by Gasteiger charge is -1.98. The predicted molar refractivity (Wildman–Crippen MR) is 59.9 cm³/mol. The molecule has 0 atom stereocenters. The van der Waals surface area contributed by atoms with Crippen LogP contribution in [-0.2, 0) is 6.54 Å². The average Bonchev–Trinajstić information content (AvgIpc) is 2.73. The highest BCUT2D eigenvalue weighted by Gasteiger charge is 2.01. The lowest BCUT2D eigenvalue weighted by Crippen LogP contribution is -2.13. The second-order valence-corrected chi connectivity index (χ2v) is 3.30. The van der Waals surface area contributed by atoms with Gasteiger partial charge in [0.15, 0.2) is 5.82 Å². The second kappa shape index (κ2) is 4.57. The second-order valence-electron chi connectivity index (χ2n) is 3.30. The van der Waals surface area contributed by atoms with Crippen LogP contribution in [0.4, 0.5) is 0 Å². The van der Waals surface area contributed by atoms with Crippen molar-refractivity contribution < 1.29 is 4.52 Å². The van der Waals surface area contributed by atoms with Crippen LogP contribution in [-0.4, -0.2) is 16.0 Å².